The van der Waals surface area contributed by atoms with Gasteiger partial charge in [0.1, 0.15) is 17.7 Å². The summed E-state index contributed by atoms with van der Waals surface area (Å²) in [6.45, 7) is 13.1. The number of ether oxygens (including phenoxy) is 1. The largest absolute Gasteiger partial charge is 0.444 e. The molecule has 2 rings (SSSR count). The summed E-state index contributed by atoms with van der Waals surface area (Å²) in [5.41, 5.74) is 1.27. The Kier molecular flexibility index (Phi) is 10.9. The monoisotopic (exact) mass is 519 g/mol. The zero-order valence-electron chi connectivity index (χ0n) is 23.6. The van der Waals surface area contributed by atoms with Gasteiger partial charge in [-0.05, 0) is 57.7 Å². The van der Waals surface area contributed by atoms with Crippen molar-refractivity contribution in [2.75, 3.05) is 0 Å². The lowest BCUT2D eigenvalue weighted by Crippen LogP contribution is -2.57. The molecule has 0 radical (unpaired) electrons. The molecule has 3 amide bonds. The zero-order valence-corrected chi connectivity index (χ0v) is 23.6. The van der Waals surface area contributed by atoms with Gasteiger partial charge in [-0.25, -0.2) is 4.79 Å². The first-order valence-electron chi connectivity index (χ1n) is 13.1. The number of amides is 3. The number of rotatable bonds is 10. The second-order valence-corrected chi connectivity index (χ2v) is 10.7. The normalized spacial score (nSPS) is 13.6. The molecule has 0 saturated carbocycles. The minimum atomic E-state index is -1.01. The quantitative estimate of drug-likeness (QED) is 0.422. The lowest BCUT2D eigenvalue weighted by molar-refractivity contribution is -0.145. The molecule has 38 heavy (non-hydrogen) atoms. The number of hydrogen-bond acceptors (Lipinski definition) is 4. The standard InChI is InChI=1S/C31H41N3O4/c1-9-22(5)26(33-30(37)38-31(6,7)8)29(36)34(21(3)4)27(25-19-15-14-18-24(25)10-2)28(35)32-20-23-16-12-11-13-17-23/h2,11-19,21-22,26-27H,9,20H2,1,3-8H3,(H,32,35)(H,33,37). The molecule has 3 unspecified atom stereocenters. The van der Waals surface area contributed by atoms with Gasteiger partial charge >= 0.3 is 6.09 Å². The highest BCUT2D eigenvalue weighted by Gasteiger charge is 2.40. The molecular weight excluding hydrogens is 478 g/mol. The second-order valence-electron chi connectivity index (χ2n) is 10.7. The summed E-state index contributed by atoms with van der Waals surface area (Å²) < 4.78 is 5.44. The highest BCUT2D eigenvalue weighted by atomic mass is 16.6. The number of benzene rings is 2. The molecule has 0 fully saturated rings. The molecule has 0 heterocycles. The maximum Gasteiger partial charge on any atom is 0.408 e. The van der Waals surface area contributed by atoms with Crippen LogP contribution in [-0.2, 0) is 20.9 Å². The first-order chi connectivity index (χ1) is 17.9. The Labute approximate surface area is 227 Å². The first-order valence-corrected chi connectivity index (χ1v) is 13.1. The van der Waals surface area contributed by atoms with E-state index in [2.05, 4.69) is 16.6 Å². The summed E-state index contributed by atoms with van der Waals surface area (Å²) >= 11 is 0. The summed E-state index contributed by atoms with van der Waals surface area (Å²) in [6, 6.07) is 14.4. The van der Waals surface area contributed by atoms with Crippen molar-refractivity contribution in [3.63, 3.8) is 0 Å². The fourth-order valence-electron chi connectivity index (χ4n) is 4.12. The van der Waals surface area contributed by atoms with E-state index in [4.69, 9.17) is 11.2 Å². The molecule has 0 saturated heterocycles. The molecule has 0 spiro atoms. The van der Waals surface area contributed by atoms with E-state index >= 15 is 0 Å². The SMILES string of the molecule is C#Cc1ccccc1C(C(=O)NCc1ccccc1)N(C(=O)C(NC(=O)OC(C)(C)C)C(C)CC)C(C)C. The highest BCUT2D eigenvalue weighted by Crippen LogP contribution is 2.29. The van der Waals surface area contributed by atoms with E-state index in [1.54, 1.807) is 45.0 Å². The number of hydrogen-bond donors (Lipinski definition) is 2. The predicted molar refractivity (Wildman–Crippen MR) is 150 cm³/mol. The van der Waals surface area contributed by atoms with E-state index in [-0.39, 0.29) is 23.8 Å². The highest BCUT2D eigenvalue weighted by molar-refractivity contribution is 5.93. The van der Waals surface area contributed by atoms with Crippen LogP contribution in [-0.4, -0.2) is 40.5 Å². The molecule has 0 aliphatic rings. The molecule has 204 valence electrons. The van der Waals surface area contributed by atoms with Crippen molar-refractivity contribution >= 4 is 17.9 Å². The third kappa shape index (κ3) is 8.37. The lowest BCUT2D eigenvalue weighted by atomic mass is 9.93. The topological polar surface area (TPSA) is 87.7 Å². The molecule has 0 bridgehead atoms. The molecule has 7 nitrogen and oxygen atoms in total. The van der Waals surface area contributed by atoms with Crippen LogP contribution in [0, 0.1) is 18.3 Å². The van der Waals surface area contributed by atoms with Gasteiger partial charge in [0.25, 0.3) is 0 Å². The molecular formula is C31H41N3O4. The number of alkyl carbamates (subject to hydrolysis) is 1. The van der Waals surface area contributed by atoms with Gasteiger partial charge in [0.05, 0.1) is 0 Å². The molecule has 2 aromatic rings. The van der Waals surface area contributed by atoms with Gasteiger partial charge in [-0.3, -0.25) is 9.59 Å². The number of carbonyl (C=O) groups is 3. The predicted octanol–water partition coefficient (Wildman–Crippen LogP) is 5.20. The molecule has 3 atom stereocenters. The third-order valence-corrected chi connectivity index (χ3v) is 6.21. The Hall–Kier alpha value is -3.79. The lowest BCUT2D eigenvalue weighted by Gasteiger charge is -2.38. The van der Waals surface area contributed by atoms with E-state index in [1.807, 2.05) is 58.0 Å². The van der Waals surface area contributed by atoms with Crippen LogP contribution in [0.3, 0.4) is 0 Å². The zero-order chi connectivity index (χ0) is 28.5. The van der Waals surface area contributed by atoms with Crippen molar-refractivity contribution in [1.82, 2.24) is 15.5 Å². The van der Waals surface area contributed by atoms with Crippen molar-refractivity contribution < 1.29 is 19.1 Å². The van der Waals surface area contributed by atoms with Gasteiger partial charge < -0.3 is 20.3 Å². The molecule has 0 aliphatic heterocycles. The summed E-state index contributed by atoms with van der Waals surface area (Å²) in [5.74, 6) is 1.69. The molecule has 2 N–H and O–H groups in total. The molecule has 0 aromatic heterocycles. The summed E-state index contributed by atoms with van der Waals surface area (Å²) in [5, 5.41) is 5.75. The van der Waals surface area contributed by atoms with E-state index in [1.165, 1.54) is 4.90 Å². The van der Waals surface area contributed by atoms with Crippen molar-refractivity contribution in [2.45, 2.75) is 85.2 Å². The Balaban J connectivity index is 2.53. The van der Waals surface area contributed by atoms with Crippen LogP contribution >= 0.6 is 0 Å². The maximum atomic E-state index is 14.2. The van der Waals surface area contributed by atoms with Crippen LogP contribution in [0.1, 0.15) is 77.6 Å². The van der Waals surface area contributed by atoms with Gasteiger partial charge in [-0.1, -0.05) is 74.7 Å². The molecule has 0 aliphatic carbocycles. The van der Waals surface area contributed by atoms with E-state index < -0.39 is 23.8 Å². The Morgan fingerprint density at radius 2 is 1.61 bits per heavy atom. The molecule has 7 heteroatoms. The fourth-order valence-corrected chi connectivity index (χ4v) is 4.12. The van der Waals surface area contributed by atoms with Crippen LogP contribution in [0.4, 0.5) is 4.79 Å². The van der Waals surface area contributed by atoms with Crippen molar-refractivity contribution in [1.29, 1.82) is 0 Å². The van der Waals surface area contributed by atoms with Crippen LogP contribution < -0.4 is 10.6 Å². The smallest absolute Gasteiger partial charge is 0.408 e. The van der Waals surface area contributed by atoms with Gasteiger partial charge in [0.15, 0.2) is 0 Å². The van der Waals surface area contributed by atoms with E-state index in [0.717, 1.165) is 5.56 Å². The van der Waals surface area contributed by atoms with Gasteiger partial charge in [0, 0.05) is 18.2 Å². The Bertz CT molecular complexity index is 1130. The second kappa shape index (κ2) is 13.7. The fraction of sp³-hybridized carbons (Fsp3) is 0.452. The van der Waals surface area contributed by atoms with Crippen LogP contribution in [0.15, 0.2) is 54.6 Å². The Morgan fingerprint density at radius 1 is 1.00 bits per heavy atom. The van der Waals surface area contributed by atoms with Crippen LogP contribution in [0.5, 0.6) is 0 Å². The number of nitrogens with zero attached hydrogens (tertiary/aromatic N) is 1. The average molecular weight is 520 g/mol. The van der Waals surface area contributed by atoms with Crippen LogP contribution in [0.25, 0.3) is 0 Å². The van der Waals surface area contributed by atoms with E-state index in [0.29, 0.717) is 24.1 Å². The van der Waals surface area contributed by atoms with Gasteiger partial charge in [0.2, 0.25) is 11.8 Å². The minimum absolute atomic E-state index is 0.216. The van der Waals surface area contributed by atoms with Gasteiger partial charge in [-0.2, -0.15) is 0 Å². The number of carbonyl (C=O) groups excluding carboxylic acids is 3. The van der Waals surface area contributed by atoms with E-state index in [9.17, 15) is 14.4 Å². The van der Waals surface area contributed by atoms with Crippen molar-refractivity contribution in [3.05, 3.63) is 71.3 Å². The number of nitrogens with one attached hydrogen (secondary N) is 2. The van der Waals surface area contributed by atoms with Gasteiger partial charge in [-0.15, -0.1) is 6.42 Å². The maximum absolute atomic E-state index is 14.2. The van der Waals surface area contributed by atoms with Crippen molar-refractivity contribution in [2.24, 2.45) is 5.92 Å². The van der Waals surface area contributed by atoms with Crippen molar-refractivity contribution in [3.8, 4) is 12.3 Å². The minimum Gasteiger partial charge on any atom is -0.444 e. The summed E-state index contributed by atoms with van der Waals surface area (Å²) in [7, 11) is 0. The third-order valence-electron chi connectivity index (χ3n) is 6.21. The number of terminal acetylenes is 1. The Morgan fingerprint density at radius 3 is 2.16 bits per heavy atom. The molecule has 2 aromatic carbocycles. The summed E-state index contributed by atoms with van der Waals surface area (Å²) in [4.78, 5) is 42.3. The average Bonchev–Trinajstić information content (AvgIpc) is 2.87. The summed E-state index contributed by atoms with van der Waals surface area (Å²) in [6.07, 6.45) is 5.74. The van der Waals surface area contributed by atoms with Crippen LogP contribution in [0.2, 0.25) is 0 Å². The first kappa shape index (κ1) is 30.4.